The predicted molar refractivity (Wildman–Crippen MR) is 125 cm³/mol. The van der Waals surface area contributed by atoms with E-state index in [1.165, 1.54) is 4.90 Å². The van der Waals surface area contributed by atoms with Crippen LogP contribution < -0.4 is 25.2 Å². The standard InChI is InChI=1S/C23H21ClN4O7/c24-13-1-3-14(4-2-13)26-22(31)21(30)25-10-19-17-11-34-18-9-15(27-7-8-33-12-20(27)29)5-6-16(18)28(17)23(32)35-19/h1-6,9,17,19H,7-8,10-12H2,(H,25,30)(H,26,31). The normalized spacial score (nSPS) is 20.9. The molecule has 0 spiro atoms. The van der Waals surface area contributed by atoms with Gasteiger partial charge in [0.2, 0.25) is 0 Å². The van der Waals surface area contributed by atoms with Crippen LogP contribution in [0.15, 0.2) is 42.5 Å². The minimum absolute atomic E-state index is 0.0174. The van der Waals surface area contributed by atoms with Gasteiger partial charge in [0.25, 0.3) is 5.91 Å². The Balaban J connectivity index is 1.22. The molecule has 0 saturated carbocycles. The summed E-state index contributed by atoms with van der Waals surface area (Å²) in [5.41, 5.74) is 1.58. The summed E-state index contributed by atoms with van der Waals surface area (Å²) in [7, 11) is 0. The molecule has 2 atom stereocenters. The molecule has 5 rings (SSSR count). The third kappa shape index (κ3) is 4.60. The number of anilines is 3. The van der Waals surface area contributed by atoms with Crippen molar-refractivity contribution in [1.29, 1.82) is 0 Å². The highest BCUT2D eigenvalue weighted by atomic mass is 35.5. The summed E-state index contributed by atoms with van der Waals surface area (Å²) in [6, 6.07) is 11.0. The first-order valence-corrected chi connectivity index (χ1v) is 11.3. The van der Waals surface area contributed by atoms with Gasteiger partial charge < -0.3 is 29.7 Å². The molecule has 2 N–H and O–H groups in total. The van der Waals surface area contributed by atoms with Gasteiger partial charge in [-0.1, -0.05) is 11.6 Å². The second-order valence-electron chi connectivity index (χ2n) is 8.09. The Kier molecular flexibility index (Phi) is 6.18. The number of carbonyl (C=O) groups excluding carboxylic acids is 4. The molecular weight excluding hydrogens is 480 g/mol. The second kappa shape index (κ2) is 9.43. The van der Waals surface area contributed by atoms with Crippen LogP contribution in [0.2, 0.25) is 5.02 Å². The lowest BCUT2D eigenvalue weighted by Crippen LogP contribution is -2.49. The molecule has 11 nitrogen and oxygen atoms in total. The summed E-state index contributed by atoms with van der Waals surface area (Å²) in [4.78, 5) is 52.3. The van der Waals surface area contributed by atoms with Gasteiger partial charge in [-0.15, -0.1) is 0 Å². The maximum absolute atomic E-state index is 12.6. The third-order valence-corrected chi connectivity index (χ3v) is 6.14. The van der Waals surface area contributed by atoms with Crippen LogP contribution in [0.25, 0.3) is 0 Å². The number of rotatable bonds is 4. The maximum Gasteiger partial charge on any atom is 0.415 e. The molecule has 2 saturated heterocycles. The van der Waals surface area contributed by atoms with Gasteiger partial charge >= 0.3 is 17.9 Å². The van der Waals surface area contributed by atoms with E-state index in [4.69, 9.17) is 25.8 Å². The SMILES string of the molecule is O=C(NCC1OC(=O)N2c3ccc(N4CCOCC4=O)cc3OCC12)C(=O)Nc1ccc(Cl)cc1. The van der Waals surface area contributed by atoms with Crippen molar-refractivity contribution < 1.29 is 33.4 Å². The zero-order chi connectivity index (χ0) is 24.5. The highest BCUT2D eigenvalue weighted by Gasteiger charge is 2.46. The van der Waals surface area contributed by atoms with Crippen LogP contribution in [0.1, 0.15) is 0 Å². The highest BCUT2D eigenvalue weighted by molar-refractivity contribution is 6.39. The molecule has 0 bridgehead atoms. The molecular formula is C23H21ClN4O7. The monoisotopic (exact) mass is 500 g/mol. The first-order chi connectivity index (χ1) is 16.9. The molecule has 3 aliphatic rings. The van der Waals surface area contributed by atoms with E-state index < -0.39 is 30.1 Å². The van der Waals surface area contributed by atoms with Gasteiger partial charge in [-0.25, -0.2) is 4.79 Å². The Morgan fingerprint density at radius 2 is 1.89 bits per heavy atom. The van der Waals surface area contributed by atoms with Gasteiger partial charge in [-0.05, 0) is 36.4 Å². The van der Waals surface area contributed by atoms with Crippen LogP contribution >= 0.6 is 11.6 Å². The van der Waals surface area contributed by atoms with E-state index in [0.29, 0.717) is 41.0 Å². The quantitative estimate of drug-likeness (QED) is 0.610. The molecule has 0 radical (unpaired) electrons. The van der Waals surface area contributed by atoms with E-state index in [1.807, 2.05) is 0 Å². The van der Waals surface area contributed by atoms with Crippen LogP contribution in [0.3, 0.4) is 0 Å². The van der Waals surface area contributed by atoms with Gasteiger partial charge in [0.15, 0.2) is 0 Å². The summed E-state index contributed by atoms with van der Waals surface area (Å²) in [6.45, 7) is 0.938. The molecule has 0 aromatic heterocycles. The van der Waals surface area contributed by atoms with E-state index in [0.717, 1.165) is 0 Å². The van der Waals surface area contributed by atoms with E-state index >= 15 is 0 Å². The fourth-order valence-corrected chi connectivity index (χ4v) is 4.28. The van der Waals surface area contributed by atoms with Crippen molar-refractivity contribution in [2.75, 3.05) is 48.0 Å². The van der Waals surface area contributed by atoms with Gasteiger partial charge in [0.1, 0.15) is 31.1 Å². The number of hydrogen-bond donors (Lipinski definition) is 2. The fraction of sp³-hybridized carbons (Fsp3) is 0.304. The lowest BCUT2D eigenvalue weighted by molar-refractivity contribution is -0.136. The summed E-state index contributed by atoms with van der Waals surface area (Å²) >= 11 is 5.81. The van der Waals surface area contributed by atoms with Gasteiger partial charge in [-0.2, -0.15) is 0 Å². The molecule has 35 heavy (non-hydrogen) atoms. The average molecular weight is 501 g/mol. The number of hydrogen-bond acceptors (Lipinski definition) is 7. The maximum atomic E-state index is 12.6. The fourth-order valence-electron chi connectivity index (χ4n) is 4.15. The van der Waals surface area contributed by atoms with Crippen molar-refractivity contribution in [3.63, 3.8) is 0 Å². The zero-order valence-corrected chi connectivity index (χ0v) is 19.1. The largest absolute Gasteiger partial charge is 0.489 e. The molecule has 3 heterocycles. The molecule has 2 aromatic rings. The number of carbonyl (C=O) groups is 4. The summed E-state index contributed by atoms with van der Waals surface area (Å²) in [5.74, 6) is -1.43. The van der Waals surface area contributed by atoms with Crippen LogP contribution in [-0.2, 0) is 23.9 Å². The van der Waals surface area contributed by atoms with Gasteiger partial charge in [0, 0.05) is 29.0 Å². The highest BCUT2D eigenvalue weighted by Crippen LogP contribution is 2.41. The first kappa shape index (κ1) is 22.9. The number of nitrogens with one attached hydrogen (secondary N) is 2. The average Bonchev–Trinajstić information content (AvgIpc) is 3.19. The lowest BCUT2D eigenvalue weighted by atomic mass is 10.1. The van der Waals surface area contributed by atoms with Crippen molar-refractivity contribution in [2.45, 2.75) is 12.1 Å². The summed E-state index contributed by atoms with van der Waals surface area (Å²) < 4.78 is 16.5. The van der Waals surface area contributed by atoms with Crippen molar-refractivity contribution in [3.05, 3.63) is 47.5 Å². The van der Waals surface area contributed by atoms with Crippen molar-refractivity contribution in [3.8, 4) is 5.75 Å². The van der Waals surface area contributed by atoms with Gasteiger partial charge in [0.05, 0.1) is 18.8 Å². The summed E-state index contributed by atoms with van der Waals surface area (Å²) in [6.07, 6.45) is -1.30. The lowest BCUT2D eigenvalue weighted by Gasteiger charge is -2.33. The number of fused-ring (bicyclic) bond motifs is 3. The second-order valence-corrected chi connectivity index (χ2v) is 8.53. The number of amides is 4. The Labute approximate surface area is 204 Å². The molecule has 2 unspecified atom stereocenters. The number of morpholine rings is 1. The number of halogens is 1. The van der Waals surface area contributed by atoms with Gasteiger partial charge in [-0.3, -0.25) is 19.3 Å². The van der Waals surface area contributed by atoms with Crippen molar-refractivity contribution in [2.24, 2.45) is 0 Å². The van der Waals surface area contributed by atoms with Crippen LogP contribution in [-0.4, -0.2) is 68.9 Å². The molecule has 2 aromatic carbocycles. The molecule has 0 aliphatic carbocycles. The topological polar surface area (TPSA) is 127 Å². The molecule has 4 amide bonds. The zero-order valence-electron chi connectivity index (χ0n) is 18.4. The van der Waals surface area contributed by atoms with Crippen molar-refractivity contribution >= 4 is 52.5 Å². The van der Waals surface area contributed by atoms with E-state index in [1.54, 1.807) is 47.4 Å². The minimum atomic E-state index is -0.869. The third-order valence-electron chi connectivity index (χ3n) is 5.89. The number of cyclic esters (lactones) is 1. The molecule has 12 heteroatoms. The van der Waals surface area contributed by atoms with Crippen LogP contribution in [0.4, 0.5) is 21.9 Å². The van der Waals surface area contributed by atoms with Crippen LogP contribution in [0.5, 0.6) is 5.75 Å². The Bertz CT molecular complexity index is 1190. The van der Waals surface area contributed by atoms with Crippen molar-refractivity contribution in [1.82, 2.24) is 5.32 Å². The Hall–Kier alpha value is -3.83. The predicted octanol–water partition coefficient (Wildman–Crippen LogP) is 1.54. The smallest absolute Gasteiger partial charge is 0.415 e. The molecule has 182 valence electrons. The Morgan fingerprint density at radius 1 is 1.09 bits per heavy atom. The molecule has 2 fully saturated rings. The molecule has 3 aliphatic heterocycles. The van der Waals surface area contributed by atoms with E-state index in [9.17, 15) is 19.2 Å². The minimum Gasteiger partial charge on any atom is -0.489 e. The summed E-state index contributed by atoms with van der Waals surface area (Å²) in [5, 5.41) is 5.47. The number of benzene rings is 2. The first-order valence-electron chi connectivity index (χ1n) is 10.9. The number of nitrogens with zero attached hydrogens (tertiary/aromatic N) is 2. The number of ether oxygens (including phenoxy) is 3. The van der Waals surface area contributed by atoms with E-state index in [2.05, 4.69) is 10.6 Å². The van der Waals surface area contributed by atoms with E-state index in [-0.39, 0.29) is 25.7 Å². The Morgan fingerprint density at radius 3 is 2.66 bits per heavy atom. The van der Waals surface area contributed by atoms with Crippen LogP contribution in [0, 0.1) is 0 Å².